The van der Waals surface area contributed by atoms with Gasteiger partial charge in [-0.05, 0) is 63.5 Å². The lowest BCUT2D eigenvalue weighted by molar-refractivity contribution is 0.0334. The van der Waals surface area contributed by atoms with Gasteiger partial charge in [-0.1, -0.05) is 34.6 Å². The van der Waals surface area contributed by atoms with E-state index in [1.165, 1.54) is 32.4 Å². The Morgan fingerprint density at radius 2 is 1.47 bits per heavy atom. The standard InChI is InChI=1S/C16H33N/c1-13(2)12-16(6,7)17-10-8-14(9-11-17)15(3,4)5/h13-14H,8-12H2,1-7H3. The normalized spacial score (nSPS) is 21.2. The molecule has 0 unspecified atom stereocenters. The predicted molar refractivity (Wildman–Crippen MR) is 77.3 cm³/mol. The van der Waals surface area contributed by atoms with Crippen molar-refractivity contribution in [1.82, 2.24) is 4.90 Å². The second-order valence-electron chi connectivity index (χ2n) is 8.04. The molecule has 0 aromatic rings. The van der Waals surface area contributed by atoms with Gasteiger partial charge in [-0.2, -0.15) is 0 Å². The van der Waals surface area contributed by atoms with Crippen LogP contribution in [0, 0.1) is 17.3 Å². The summed E-state index contributed by atoms with van der Waals surface area (Å²) in [6.45, 7) is 19.3. The summed E-state index contributed by atoms with van der Waals surface area (Å²) in [7, 11) is 0. The quantitative estimate of drug-likeness (QED) is 0.697. The number of rotatable bonds is 3. The minimum Gasteiger partial charge on any atom is -0.298 e. The first-order chi connectivity index (χ1) is 7.63. The molecule has 0 amide bonds. The molecule has 0 N–H and O–H groups in total. The maximum atomic E-state index is 2.72. The van der Waals surface area contributed by atoms with Crippen LogP contribution in [0.15, 0.2) is 0 Å². The van der Waals surface area contributed by atoms with Crippen molar-refractivity contribution in [3.8, 4) is 0 Å². The average molecular weight is 239 g/mol. The highest BCUT2D eigenvalue weighted by atomic mass is 15.2. The number of hydrogen-bond donors (Lipinski definition) is 0. The monoisotopic (exact) mass is 239 g/mol. The van der Waals surface area contributed by atoms with Gasteiger partial charge in [0.2, 0.25) is 0 Å². The molecule has 0 aromatic heterocycles. The van der Waals surface area contributed by atoms with E-state index in [4.69, 9.17) is 0 Å². The summed E-state index contributed by atoms with van der Waals surface area (Å²) in [6, 6.07) is 0. The van der Waals surface area contributed by atoms with Crippen molar-refractivity contribution in [3.05, 3.63) is 0 Å². The molecule has 17 heavy (non-hydrogen) atoms. The summed E-state index contributed by atoms with van der Waals surface area (Å²) < 4.78 is 0. The van der Waals surface area contributed by atoms with Gasteiger partial charge >= 0.3 is 0 Å². The Morgan fingerprint density at radius 3 is 1.82 bits per heavy atom. The van der Waals surface area contributed by atoms with Crippen LogP contribution in [0.2, 0.25) is 0 Å². The fourth-order valence-electron chi connectivity index (χ4n) is 3.48. The van der Waals surface area contributed by atoms with E-state index in [0.717, 1.165) is 11.8 Å². The molecule has 0 bridgehead atoms. The highest BCUT2D eigenvalue weighted by Crippen LogP contribution is 2.37. The Hall–Kier alpha value is -0.0400. The molecule has 1 aliphatic rings. The predicted octanol–water partition coefficient (Wildman–Crippen LogP) is 4.57. The second kappa shape index (κ2) is 5.30. The van der Waals surface area contributed by atoms with Gasteiger partial charge in [-0.15, -0.1) is 0 Å². The van der Waals surface area contributed by atoms with Gasteiger partial charge in [0, 0.05) is 5.54 Å². The van der Waals surface area contributed by atoms with Gasteiger partial charge in [-0.3, -0.25) is 4.90 Å². The molecule has 1 aliphatic heterocycles. The van der Waals surface area contributed by atoms with E-state index in [-0.39, 0.29) is 0 Å². The molecular weight excluding hydrogens is 206 g/mol. The lowest BCUT2D eigenvalue weighted by Crippen LogP contribution is -2.50. The molecule has 0 saturated carbocycles. The minimum absolute atomic E-state index is 0.386. The van der Waals surface area contributed by atoms with Crippen LogP contribution in [0.1, 0.15) is 67.7 Å². The molecule has 0 atom stereocenters. The van der Waals surface area contributed by atoms with Crippen LogP contribution in [-0.2, 0) is 0 Å². The molecule has 1 fully saturated rings. The molecular formula is C16H33N. The third-order valence-corrected chi connectivity index (χ3v) is 4.48. The SMILES string of the molecule is CC(C)CC(C)(C)N1CCC(C(C)(C)C)CC1. The fraction of sp³-hybridized carbons (Fsp3) is 1.00. The summed E-state index contributed by atoms with van der Waals surface area (Å²) >= 11 is 0. The van der Waals surface area contributed by atoms with E-state index in [2.05, 4.69) is 53.4 Å². The van der Waals surface area contributed by atoms with Gasteiger partial charge in [0.1, 0.15) is 0 Å². The van der Waals surface area contributed by atoms with Gasteiger partial charge in [0.05, 0.1) is 0 Å². The highest BCUT2D eigenvalue weighted by Gasteiger charge is 2.34. The van der Waals surface area contributed by atoms with Gasteiger partial charge in [0.25, 0.3) is 0 Å². The first-order valence-corrected chi connectivity index (χ1v) is 7.38. The van der Waals surface area contributed by atoms with Crippen molar-refractivity contribution < 1.29 is 0 Å². The smallest absolute Gasteiger partial charge is 0.0155 e. The number of hydrogen-bond acceptors (Lipinski definition) is 1. The van der Waals surface area contributed by atoms with Crippen LogP contribution >= 0.6 is 0 Å². The van der Waals surface area contributed by atoms with Crippen molar-refractivity contribution in [1.29, 1.82) is 0 Å². The Balaban J connectivity index is 2.51. The topological polar surface area (TPSA) is 3.24 Å². The zero-order valence-corrected chi connectivity index (χ0v) is 13.1. The van der Waals surface area contributed by atoms with E-state index in [1.54, 1.807) is 0 Å². The Kier molecular flexibility index (Phi) is 4.68. The minimum atomic E-state index is 0.386. The number of nitrogens with zero attached hydrogens (tertiary/aromatic N) is 1. The molecule has 0 aromatic carbocycles. The lowest BCUT2D eigenvalue weighted by atomic mass is 9.74. The summed E-state index contributed by atoms with van der Waals surface area (Å²) in [5, 5.41) is 0. The molecule has 1 saturated heterocycles. The third kappa shape index (κ3) is 4.28. The van der Waals surface area contributed by atoms with Crippen molar-refractivity contribution >= 4 is 0 Å². The average Bonchev–Trinajstić information content (AvgIpc) is 2.14. The van der Waals surface area contributed by atoms with Crippen LogP contribution in [0.4, 0.5) is 0 Å². The van der Waals surface area contributed by atoms with Crippen molar-refractivity contribution in [3.63, 3.8) is 0 Å². The van der Waals surface area contributed by atoms with Crippen molar-refractivity contribution in [2.75, 3.05) is 13.1 Å². The van der Waals surface area contributed by atoms with Crippen LogP contribution in [0.5, 0.6) is 0 Å². The third-order valence-electron chi connectivity index (χ3n) is 4.48. The molecule has 0 spiro atoms. The Bertz CT molecular complexity index is 226. The van der Waals surface area contributed by atoms with E-state index >= 15 is 0 Å². The summed E-state index contributed by atoms with van der Waals surface area (Å²) in [5.74, 6) is 1.71. The van der Waals surface area contributed by atoms with E-state index in [0.29, 0.717) is 11.0 Å². The zero-order chi connectivity index (χ0) is 13.3. The van der Waals surface area contributed by atoms with Gasteiger partial charge in [0.15, 0.2) is 0 Å². The van der Waals surface area contributed by atoms with Crippen LogP contribution in [0.25, 0.3) is 0 Å². The maximum absolute atomic E-state index is 2.72. The second-order valence-corrected chi connectivity index (χ2v) is 8.04. The zero-order valence-electron chi connectivity index (χ0n) is 13.1. The van der Waals surface area contributed by atoms with Crippen LogP contribution in [0.3, 0.4) is 0 Å². The van der Waals surface area contributed by atoms with E-state index in [1.807, 2.05) is 0 Å². The molecule has 1 heterocycles. The van der Waals surface area contributed by atoms with Gasteiger partial charge < -0.3 is 0 Å². The molecule has 102 valence electrons. The molecule has 1 rings (SSSR count). The number of piperidine rings is 1. The van der Waals surface area contributed by atoms with Crippen LogP contribution < -0.4 is 0 Å². The van der Waals surface area contributed by atoms with Crippen LogP contribution in [-0.4, -0.2) is 23.5 Å². The summed E-state index contributed by atoms with van der Waals surface area (Å²) in [5.41, 5.74) is 0.880. The summed E-state index contributed by atoms with van der Waals surface area (Å²) in [6.07, 6.45) is 4.07. The molecule has 0 aliphatic carbocycles. The lowest BCUT2D eigenvalue weighted by Gasteiger charge is -2.46. The Morgan fingerprint density at radius 1 is 1.00 bits per heavy atom. The van der Waals surface area contributed by atoms with E-state index in [9.17, 15) is 0 Å². The van der Waals surface area contributed by atoms with E-state index < -0.39 is 0 Å². The molecule has 1 heteroatoms. The van der Waals surface area contributed by atoms with Crippen molar-refractivity contribution in [2.24, 2.45) is 17.3 Å². The maximum Gasteiger partial charge on any atom is 0.0155 e. The highest BCUT2D eigenvalue weighted by molar-refractivity contribution is 4.88. The van der Waals surface area contributed by atoms with Gasteiger partial charge in [-0.25, -0.2) is 0 Å². The van der Waals surface area contributed by atoms with Crippen molar-refractivity contribution in [2.45, 2.75) is 73.3 Å². The fourth-order valence-corrected chi connectivity index (χ4v) is 3.48. The first-order valence-electron chi connectivity index (χ1n) is 7.38. The largest absolute Gasteiger partial charge is 0.298 e. The summed E-state index contributed by atoms with van der Waals surface area (Å²) in [4.78, 5) is 2.72. The molecule has 1 nitrogen and oxygen atoms in total. The number of likely N-dealkylation sites (tertiary alicyclic amines) is 1. The first kappa shape index (κ1) is 15.0. The molecule has 0 radical (unpaired) electrons. The Labute approximate surface area is 109 Å².